The maximum Gasteiger partial charge on any atom is 0.308 e. The van der Waals surface area contributed by atoms with Gasteiger partial charge in [0.15, 0.2) is 0 Å². The fourth-order valence-corrected chi connectivity index (χ4v) is 1.05. The molecule has 0 aliphatic carbocycles. The third-order valence-corrected chi connectivity index (χ3v) is 2.33. The smallest absolute Gasteiger partial charge is 0.308 e. The van der Waals surface area contributed by atoms with Gasteiger partial charge in [-0.2, -0.15) is 0 Å². The highest BCUT2D eigenvalue weighted by atomic mass is 16.4. The Hall–Kier alpha value is -0.730. The molecule has 0 heterocycles. The lowest BCUT2D eigenvalue weighted by atomic mass is 10.1. The van der Waals surface area contributed by atoms with Crippen LogP contribution in [0.2, 0.25) is 0 Å². The Morgan fingerprint density at radius 1 is 0.833 bits per heavy atom. The molecule has 0 aromatic heterocycles. The second-order valence-electron chi connectivity index (χ2n) is 3.83. The van der Waals surface area contributed by atoms with E-state index in [4.69, 9.17) is 30.6 Å². The molecule has 7 nitrogen and oxygen atoms in total. The molecule has 0 rings (SSSR count). The molecule has 6 N–H and O–H groups in total. The summed E-state index contributed by atoms with van der Waals surface area (Å²) in [5, 5.41) is 50.2. The first-order chi connectivity index (χ1) is 8.56. The summed E-state index contributed by atoms with van der Waals surface area (Å²) in [7, 11) is 0. The Bertz CT molecular complexity index is 182. The average Bonchev–Trinajstić information content (AvgIpc) is 2.37. The van der Waals surface area contributed by atoms with Crippen molar-refractivity contribution < 1.29 is 35.4 Å². The predicted molar refractivity (Wildman–Crippen MR) is 63.9 cm³/mol. The number of aliphatic carboxylic acids is 1. The van der Waals surface area contributed by atoms with E-state index >= 15 is 0 Å². The van der Waals surface area contributed by atoms with Crippen LogP contribution < -0.4 is 0 Å². The van der Waals surface area contributed by atoms with Gasteiger partial charge in [-0.1, -0.05) is 0 Å². The number of carboxylic acid groups (broad SMARTS) is 1. The molecular weight excluding hydrogens is 244 g/mol. The van der Waals surface area contributed by atoms with Crippen molar-refractivity contribution in [2.45, 2.75) is 19.3 Å². The van der Waals surface area contributed by atoms with Gasteiger partial charge in [-0.05, 0) is 19.3 Å². The summed E-state index contributed by atoms with van der Waals surface area (Å²) in [6.45, 7) is -0.432. The number of hydrogen-bond acceptors (Lipinski definition) is 6. The first kappa shape index (κ1) is 19.6. The summed E-state index contributed by atoms with van der Waals surface area (Å²) >= 11 is 0. The number of carboxylic acids is 1. The van der Waals surface area contributed by atoms with Gasteiger partial charge in [-0.25, -0.2) is 0 Å². The van der Waals surface area contributed by atoms with E-state index in [9.17, 15) is 4.79 Å². The Morgan fingerprint density at radius 3 is 1.61 bits per heavy atom. The maximum absolute atomic E-state index is 10.2. The molecule has 0 aliphatic rings. The molecule has 110 valence electrons. The van der Waals surface area contributed by atoms with E-state index in [0.29, 0.717) is 19.3 Å². The molecule has 0 aromatic carbocycles. The third kappa shape index (κ3) is 11.7. The fourth-order valence-electron chi connectivity index (χ4n) is 1.05. The minimum atomic E-state index is -1.00. The summed E-state index contributed by atoms with van der Waals surface area (Å²) < 4.78 is 0. The van der Waals surface area contributed by atoms with Gasteiger partial charge >= 0.3 is 5.97 Å². The largest absolute Gasteiger partial charge is 0.481 e. The van der Waals surface area contributed by atoms with Crippen LogP contribution in [0.1, 0.15) is 19.3 Å². The van der Waals surface area contributed by atoms with Crippen LogP contribution in [0.5, 0.6) is 0 Å². The third-order valence-electron chi connectivity index (χ3n) is 2.33. The van der Waals surface area contributed by atoms with Crippen LogP contribution in [0.15, 0.2) is 0 Å². The quantitative estimate of drug-likeness (QED) is 0.297. The summed E-state index contributed by atoms with van der Waals surface area (Å²) in [6, 6.07) is 0. The first-order valence-corrected chi connectivity index (χ1v) is 5.84. The van der Waals surface area contributed by atoms with Crippen molar-refractivity contribution in [3.05, 3.63) is 0 Å². The van der Waals surface area contributed by atoms with Gasteiger partial charge in [0.25, 0.3) is 0 Å². The molecule has 0 spiro atoms. The van der Waals surface area contributed by atoms with Crippen molar-refractivity contribution in [1.82, 2.24) is 0 Å². The van der Waals surface area contributed by atoms with Crippen molar-refractivity contribution in [3.63, 3.8) is 0 Å². The molecule has 0 amide bonds. The van der Waals surface area contributed by atoms with Crippen molar-refractivity contribution in [2.24, 2.45) is 11.8 Å². The van der Waals surface area contributed by atoms with Gasteiger partial charge in [0.1, 0.15) is 0 Å². The van der Waals surface area contributed by atoms with Crippen LogP contribution in [0.4, 0.5) is 0 Å². The SMILES string of the molecule is O=C(O)C(CO)CCCO.OCCC(CO)CO. The molecule has 1 unspecified atom stereocenters. The van der Waals surface area contributed by atoms with Gasteiger partial charge in [-0.15, -0.1) is 0 Å². The topological polar surface area (TPSA) is 138 Å². The van der Waals surface area contributed by atoms with E-state index in [1.807, 2.05) is 0 Å². The van der Waals surface area contributed by atoms with Crippen molar-refractivity contribution in [2.75, 3.05) is 33.0 Å². The first-order valence-electron chi connectivity index (χ1n) is 5.84. The molecule has 7 heteroatoms. The zero-order valence-corrected chi connectivity index (χ0v) is 10.4. The summed E-state index contributed by atoms with van der Waals surface area (Å²) in [6.07, 6.45) is 1.24. The van der Waals surface area contributed by atoms with Gasteiger partial charge in [0.05, 0.1) is 12.5 Å². The minimum Gasteiger partial charge on any atom is -0.481 e. The van der Waals surface area contributed by atoms with Crippen molar-refractivity contribution in [3.8, 4) is 0 Å². The molecule has 1 atom stereocenters. The van der Waals surface area contributed by atoms with E-state index < -0.39 is 11.9 Å². The minimum absolute atomic E-state index is 0.0240. The molecule has 0 aromatic rings. The lowest BCUT2D eigenvalue weighted by Crippen LogP contribution is -2.17. The molecule has 0 aliphatic heterocycles. The monoisotopic (exact) mass is 268 g/mol. The number of carbonyl (C=O) groups is 1. The standard InChI is InChI=1S/C6H12O4.C5H12O3/c7-3-1-2-5(4-8)6(9)10;6-2-1-5(3-7)4-8/h5,7-8H,1-4H2,(H,9,10);5-8H,1-4H2. The van der Waals surface area contributed by atoms with Crippen molar-refractivity contribution in [1.29, 1.82) is 0 Å². The Kier molecular flexibility index (Phi) is 15.6. The second-order valence-corrected chi connectivity index (χ2v) is 3.83. The van der Waals surface area contributed by atoms with Gasteiger partial charge in [-0.3, -0.25) is 4.79 Å². The van der Waals surface area contributed by atoms with Crippen LogP contribution >= 0.6 is 0 Å². The molecule has 0 bridgehead atoms. The highest BCUT2D eigenvalue weighted by molar-refractivity contribution is 5.69. The number of aliphatic hydroxyl groups is 5. The lowest BCUT2D eigenvalue weighted by molar-refractivity contribution is -0.143. The zero-order valence-electron chi connectivity index (χ0n) is 10.4. The van der Waals surface area contributed by atoms with Crippen LogP contribution in [0.25, 0.3) is 0 Å². The van der Waals surface area contributed by atoms with Crippen LogP contribution in [-0.2, 0) is 4.79 Å². The summed E-state index contributed by atoms with van der Waals surface area (Å²) in [5.41, 5.74) is 0. The lowest BCUT2D eigenvalue weighted by Gasteiger charge is -2.06. The number of rotatable bonds is 9. The molecular formula is C11H24O7. The van der Waals surface area contributed by atoms with Gasteiger partial charge in [0, 0.05) is 32.3 Å². The second kappa shape index (κ2) is 14.3. The van der Waals surface area contributed by atoms with E-state index in [1.54, 1.807) is 0 Å². The van der Waals surface area contributed by atoms with E-state index in [-0.39, 0.29) is 39.0 Å². The van der Waals surface area contributed by atoms with Gasteiger partial charge in [0.2, 0.25) is 0 Å². The Labute approximate surface area is 106 Å². The summed E-state index contributed by atoms with van der Waals surface area (Å²) in [5.74, 6) is -1.86. The molecule has 0 saturated heterocycles. The highest BCUT2D eigenvalue weighted by Crippen LogP contribution is 2.04. The van der Waals surface area contributed by atoms with Crippen LogP contribution in [-0.4, -0.2) is 69.6 Å². The molecule has 0 radical (unpaired) electrons. The number of hydrogen-bond donors (Lipinski definition) is 6. The normalized spacial score (nSPS) is 11.9. The van der Waals surface area contributed by atoms with Gasteiger partial charge < -0.3 is 30.6 Å². The Morgan fingerprint density at radius 2 is 1.39 bits per heavy atom. The maximum atomic E-state index is 10.2. The van der Waals surface area contributed by atoms with Crippen LogP contribution in [0.3, 0.4) is 0 Å². The average molecular weight is 268 g/mol. The number of aliphatic hydroxyl groups excluding tert-OH is 5. The van der Waals surface area contributed by atoms with E-state index in [2.05, 4.69) is 0 Å². The van der Waals surface area contributed by atoms with Crippen LogP contribution in [0, 0.1) is 11.8 Å². The van der Waals surface area contributed by atoms with Crippen molar-refractivity contribution >= 4 is 5.97 Å². The van der Waals surface area contributed by atoms with E-state index in [0.717, 1.165) is 0 Å². The summed E-state index contributed by atoms with van der Waals surface area (Å²) in [4.78, 5) is 10.2. The fraction of sp³-hybridized carbons (Fsp3) is 0.909. The highest BCUT2D eigenvalue weighted by Gasteiger charge is 2.14. The van der Waals surface area contributed by atoms with E-state index in [1.165, 1.54) is 0 Å². The predicted octanol–water partition coefficient (Wildman–Crippen LogP) is -1.58. The molecule has 0 saturated carbocycles. The molecule has 18 heavy (non-hydrogen) atoms. The molecule has 0 fully saturated rings. The zero-order chi connectivity index (χ0) is 14.4. The Balaban J connectivity index is 0.